The van der Waals surface area contributed by atoms with Crippen LogP contribution in [0.5, 0.6) is 23.0 Å². The molecule has 0 aromatic heterocycles. The van der Waals surface area contributed by atoms with E-state index in [-0.39, 0.29) is 14.4 Å². The molecule has 29 heavy (non-hydrogen) atoms. The van der Waals surface area contributed by atoms with Crippen LogP contribution in [-0.4, -0.2) is 7.11 Å². The molecule has 0 saturated carbocycles. The first-order valence-corrected chi connectivity index (χ1v) is 10.6. The highest BCUT2D eigenvalue weighted by Crippen LogP contribution is 2.55. The second kappa shape index (κ2) is 8.12. The molecule has 4 nitrogen and oxygen atoms in total. The van der Waals surface area contributed by atoms with E-state index in [0.29, 0.717) is 0 Å². The summed E-state index contributed by atoms with van der Waals surface area (Å²) < 4.78 is 18.1. The molecule has 1 aliphatic rings. The number of methoxy groups -OCH3 is 1. The lowest BCUT2D eigenvalue weighted by molar-refractivity contribution is 0.350. The topological polar surface area (TPSA) is 39.7 Å². The Kier molecular flexibility index (Phi) is 5.95. The van der Waals surface area contributed by atoms with Crippen LogP contribution in [-0.2, 0) is 5.41 Å². The van der Waals surface area contributed by atoms with E-state index >= 15 is 0 Å². The van der Waals surface area contributed by atoms with Crippen molar-refractivity contribution in [3.05, 3.63) is 70.4 Å². The van der Waals surface area contributed by atoms with Gasteiger partial charge in [0.2, 0.25) is 0 Å². The smallest absolute Gasteiger partial charge is 0.174 e. The molecule has 5 heteroatoms. The third kappa shape index (κ3) is 4.13. The first kappa shape index (κ1) is 21.3. The van der Waals surface area contributed by atoms with Gasteiger partial charge in [0.25, 0.3) is 0 Å². The Balaban J connectivity index is 1.99. The molecule has 0 aliphatic carbocycles. The van der Waals surface area contributed by atoms with Gasteiger partial charge in [-0.3, -0.25) is 0 Å². The molecule has 0 radical (unpaired) electrons. The fourth-order valence-electron chi connectivity index (χ4n) is 3.44. The fourth-order valence-corrected chi connectivity index (χ4v) is 4.03. The lowest BCUT2D eigenvalue weighted by Gasteiger charge is -2.36. The molecule has 2 aromatic rings. The molecule has 0 fully saturated rings. The normalized spacial score (nSPS) is 14.8. The molecular formula is C24H30NO3P. The van der Waals surface area contributed by atoms with Crippen LogP contribution in [0.2, 0.25) is 0 Å². The zero-order valence-corrected chi connectivity index (χ0v) is 19.3. The van der Waals surface area contributed by atoms with Crippen molar-refractivity contribution in [2.45, 2.75) is 47.0 Å². The van der Waals surface area contributed by atoms with Crippen molar-refractivity contribution < 1.29 is 14.0 Å². The van der Waals surface area contributed by atoms with Gasteiger partial charge in [0.05, 0.1) is 7.11 Å². The maximum Gasteiger partial charge on any atom is 0.174 e. The predicted molar refractivity (Wildman–Crippen MR) is 122 cm³/mol. The Morgan fingerprint density at radius 1 is 1.03 bits per heavy atom. The highest BCUT2D eigenvalue weighted by atomic mass is 31.1. The van der Waals surface area contributed by atoms with Gasteiger partial charge in [0, 0.05) is 22.7 Å². The molecule has 1 unspecified atom stereocenters. The fraction of sp³-hybridized carbons (Fsp3) is 0.333. The lowest BCUT2D eigenvalue weighted by Crippen LogP contribution is -2.25. The summed E-state index contributed by atoms with van der Waals surface area (Å²) >= 11 is 0. The van der Waals surface area contributed by atoms with Crippen molar-refractivity contribution in [3.8, 4) is 23.0 Å². The quantitative estimate of drug-likeness (QED) is 0.326. The summed E-state index contributed by atoms with van der Waals surface area (Å²) in [6.07, 6.45) is 1.93. The number of ether oxygens (including phenoxy) is 2. The summed E-state index contributed by atoms with van der Waals surface area (Å²) in [4.78, 5) is 0. The van der Waals surface area contributed by atoms with Gasteiger partial charge in [-0.1, -0.05) is 38.1 Å². The van der Waals surface area contributed by atoms with Crippen LogP contribution in [0.3, 0.4) is 0 Å². The number of hydrogen-bond acceptors (Lipinski definition) is 4. The summed E-state index contributed by atoms with van der Waals surface area (Å²) in [5, 5.41) is 3.21. The summed E-state index contributed by atoms with van der Waals surface area (Å²) in [7, 11) is 1.74. The second-order valence-electron chi connectivity index (χ2n) is 8.17. The van der Waals surface area contributed by atoms with Crippen LogP contribution >= 0.6 is 8.96 Å². The minimum absolute atomic E-state index is 0.0644. The molecular weight excluding hydrogens is 381 g/mol. The van der Waals surface area contributed by atoms with Gasteiger partial charge in [-0.05, 0) is 56.5 Å². The van der Waals surface area contributed by atoms with E-state index < -0.39 is 0 Å². The van der Waals surface area contributed by atoms with Crippen LogP contribution in [0.15, 0.2) is 48.2 Å². The van der Waals surface area contributed by atoms with E-state index in [1.54, 1.807) is 7.11 Å². The number of rotatable bonds is 6. The number of nitrogens with one attached hydrogen (secondary N) is 1. The van der Waals surface area contributed by atoms with Crippen molar-refractivity contribution >= 4 is 8.96 Å². The van der Waals surface area contributed by atoms with Crippen LogP contribution in [0.25, 0.3) is 0 Å². The lowest BCUT2D eigenvalue weighted by atomic mass is 9.74. The number of hydrogen-bond donors (Lipinski definition) is 1. The zero-order valence-electron chi connectivity index (χ0n) is 18.3. The zero-order chi connectivity index (χ0) is 21.3. The van der Waals surface area contributed by atoms with E-state index in [0.717, 1.165) is 56.4 Å². The Bertz CT molecular complexity index is 992. The van der Waals surface area contributed by atoms with Gasteiger partial charge in [-0.15, -0.1) is 0 Å². The number of fused-ring (bicyclic) bond motifs is 2. The monoisotopic (exact) mass is 411 g/mol. The standard InChI is InChI=1S/C24H30NO3P/c1-14(2)17(5)13-25-29-28-21-12-16(4)10-19-23(21)27-22-18(24(19,6)7)9-15(3)11-20(22)26-8/h9-13,25,29H,1H2,2-8H3/b17-13-. The Morgan fingerprint density at radius 2 is 1.59 bits per heavy atom. The molecule has 1 aliphatic heterocycles. The average Bonchev–Trinajstić information content (AvgIpc) is 2.65. The van der Waals surface area contributed by atoms with Gasteiger partial charge in [-0.25, -0.2) is 0 Å². The average molecular weight is 411 g/mol. The van der Waals surface area contributed by atoms with Crippen molar-refractivity contribution in [1.82, 2.24) is 5.09 Å². The van der Waals surface area contributed by atoms with Gasteiger partial charge in [0.15, 0.2) is 32.0 Å². The maximum atomic E-state index is 6.39. The van der Waals surface area contributed by atoms with E-state index in [1.807, 2.05) is 32.2 Å². The van der Waals surface area contributed by atoms with Gasteiger partial charge in [-0.2, -0.15) is 0 Å². The van der Waals surface area contributed by atoms with Gasteiger partial charge < -0.3 is 19.1 Å². The molecule has 2 aromatic carbocycles. The summed E-state index contributed by atoms with van der Waals surface area (Å²) in [6, 6.07) is 8.38. The van der Waals surface area contributed by atoms with Crippen LogP contribution in [0.4, 0.5) is 0 Å². The van der Waals surface area contributed by atoms with Gasteiger partial charge >= 0.3 is 0 Å². The highest BCUT2D eigenvalue weighted by molar-refractivity contribution is 7.30. The minimum Gasteiger partial charge on any atom is -0.493 e. The number of allylic oxidation sites excluding steroid dienone is 2. The van der Waals surface area contributed by atoms with Crippen molar-refractivity contribution in [3.63, 3.8) is 0 Å². The Hall–Kier alpha value is -2.45. The van der Waals surface area contributed by atoms with Gasteiger partial charge in [0.1, 0.15) is 0 Å². The number of benzene rings is 2. The summed E-state index contributed by atoms with van der Waals surface area (Å²) in [5.41, 5.74) is 6.41. The third-order valence-electron chi connectivity index (χ3n) is 5.35. The molecule has 1 atom stereocenters. The molecule has 0 amide bonds. The second-order valence-corrected chi connectivity index (χ2v) is 8.86. The Morgan fingerprint density at radius 3 is 2.14 bits per heavy atom. The van der Waals surface area contributed by atoms with Crippen molar-refractivity contribution in [1.29, 1.82) is 0 Å². The Labute approximate surface area is 175 Å². The van der Waals surface area contributed by atoms with E-state index in [2.05, 4.69) is 51.5 Å². The van der Waals surface area contributed by atoms with Crippen molar-refractivity contribution in [2.75, 3.05) is 7.11 Å². The van der Waals surface area contributed by atoms with Crippen LogP contribution in [0, 0.1) is 13.8 Å². The SMILES string of the molecule is C=C(C)/C(C)=C\NPOc1cc(C)cc2c1Oc1c(OC)cc(C)cc1C2(C)C. The molecule has 1 N–H and O–H groups in total. The third-order valence-corrected chi connectivity index (χ3v) is 5.94. The van der Waals surface area contributed by atoms with E-state index in [1.165, 1.54) is 0 Å². The predicted octanol–water partition coefficient (Wildman–Crippen LogP) is 6.70. The maximum absolute atomic E-state index is 6.39. The molecule has 0 spiro atoms. The van der Waals surface area contributed by atoms with E-state index in [9.17, 15) is 0 Å². The van der Waals surface area contributed by atoms with Crippen LogP contribution in [0.1, 0.15) is 49.9 Å². The van der Waals surface area contributed by atoms with Crippen LogP contribution < -0.4 is 19.1 Å². The molecule has 3 rings (SSSR count). The first-order valence-electron chi connectivity index (χ1n) is 9.67. The van der Waals surface area contributed by atoms with E-state index in [4.69, 9.17) is 14.0 Å². The highest BCUT2D eigenvalue weighted by Gasteiger charge is 2.38. The first-order chi connectivity index (χ1) is 13.6. The number of aryl methyl sites for hydroxylation is 2. The minimum atomic E-state index is -0.237. The molecule has 0 saturated heterocycles. The molecule has 1 heterocycles. The molecule has 154 valence electrons. The summed E-state index contributed by atoms with van der Waals surface area (Å²) in [5.74, 6) is 2.99. The largest absolute Gasteiger partial charge is 0.493 e. The molecule has 0 bridgehead atoms. The van der Waals surface area contributed by atoms with Crippen molar-refractivity contribution in [2.24, 2.45) is 0 Å². The summed E-state index contributed by atoms with van der Waals surface area (Å²) in [6.45, 7) is 16.5.